The zero-order valence-electron chi connectivity index (χ0n) is 11.3. The summed E-state index contributed by atoms with van der Waals surface area (Å²) in [5, 5.41) is 13.5. The van der Waals surface area contributed by atoms with Crippen LogP contribution in [0.15, 0.2) is 24.4 Å². The number of fused-ring (bicyclic) bond motifs is 1. The molecule has 0 aliphatic heterocycles. The highest BCUT2D eigenvalue weighted by Crippen LogP contribution is 2.46. The van der Waals surface area contributed by atoms with Crippen molar-refractivity contribution >= 4 is 34.4 Å². The Morgan fingerprint density at radius 2 is 2.14 bits per heavy atom. The van der Waals surface area contributed by atoms with E-state index in [1.807, 2.05) is 24.4 Å². The molecule has 110 valence electrons. The van der Waals surface area contributed by atoms with Gasteiger partial charge in [-0.1, -0.05) is 11.6 Å². The molecule has 5 nitrogen and oxygen atoms in total. The van der Waals surface area contributed by atoms with Gasteiger partial charge in [-0.05, 0) is 43.0 Å². The van der Waals surface area contributed by atoms with Gasteiger partial charge in [0.25, 0.3) is 0 Å². The Bertz CT molecular complexity index is 719. The number of aromatic nitrogens is 1. The summed E-state index contributed by atoms with van der Waals surface area (Å²) >= 11 is 5.99. The van der Waals surface area contributed by atoms with Gasteiger partial charge >= 0.3 is 5.97 Å². The van der Waals surface area contributed by atoms with Gasteiger partial charge in [0.2, 0.25) is 5.91 Å². The number of rotatable bonds is 5. The lowest BCUT2D eigenvalue weighted by molar-refractivity contribution is -0.149. The number of halogens is 1. The van der Waals surface area contributed by atoms with Crippen LogP contribution in [0.3, 0.4) is 0 Å². The summed E-state index contributed by atoms with van der Waals surface area (Å²) < 4.78 is 0. The monoisotopic (exact) mass is 306 g/mol. The fourth-order valence-electron chi connectivity index (χ4n) is 2.50. The normalized spacial score (nSPS) is 15.9. The highest BCUT2D eigenvalue weighted by Gasteiger charge is 2.56. The number of amides is 1. The Morgan fingerprint density at radius 1 is 1.38 bits per heavy atom. The molecule has 0 atom stereocenters. The number of carboxylic acid groups (broad SMARTS) is 1. The van der Waals surface area contributed by atoms with Crippen molar-refractivity contribution in [3.05, 3.63) is 35.0 Å². The molecule has 0 radical (unpaired) electrons. The van der Waals surface area contributed by atoms with Crippen molar-refractivity contribution in [1.29, 1.82) is 0 Å². The molecule has 1 amide bonds. The lowest BCUT2D eigenvalue weighted by Crippen LogP contribution is -2.37. The molecule has 1 heterocycles. The quantitative estimate of drug-likeness (QED) is 0.742. The third-order valence-electron chi connectivity index (χ3n) is 4.00. The van der Waals surface area contributed by atoms with Crippen LogP contribution >= 0.6 is 11.6 Å². The smallest absolute Gasteiger partial charge is 0.319 e. The molecule has 1 aliphatic rings. The second-order valence-corrected chi connectivity index (χ2v) is 5.83. The topological polar surface area (TPSA) is 82.2 Å². The summed E-state index contributed by atoms with van der Waals surface area (Å²) in [7, 11) is 0. The number of H-pyrrole nitrogens is 1. The second kappa shape index (κ2) is 5.07. The molecule has 3 rings (SSSR count). The van der Waals surface area contributed by atoms with Gasteiger partial charge in [-0.25, -0.2) is 0 Å². The van der Waals surface area contributed by atoms with Crippen LogP contribution < -0.4 is 5.32 Å². The van der Waals surface area contributed by atoms with E-state index in [1.54, 1.807) is 0 Å². The maximum absolute atomic E-state index is 11.9. The Balaban J connectivity index is 1.64. The Labute approximate surface area is 126 Å². The minimum atomic E-state index is -1.18. The van der Waals surface area contributed by atoms with Gasteiger partial charge < -0.3 is 15.4 Å². The molecule has 6 heteroatoms. The van der Waals surface area contributed by atoms with Crippen molar-refractivity contribution in [2.75, 3.05) is 6.54 Å². The molecule has 0 bridgehead atoms. The third kappa shape index (κ3) is 2.49. The van der Waals surface area contributed by atoms with Crippen molar-refractivity contribution in [3.8, 4) is 0 Å². The van der Waals surface area contributed by atoms with Crippen molar-refractivity contribution < 1.29 is 14.7 Å². The molecule has 3 N–H and O–H groups in total. The van der Waals surface area contributed by atoms with E-state index < -0.39 is 11.4 Å². The molecule has 21 heavy (non-hydrogen) atoms. The van der Waals surface area contributed by atoms with Crippen LogP contribution in [0.5, 0.6) is 0 Å². The summed E-state index contributed by atoms with van der Waals surface area (Å²) in [6.07, 6.45) is 3.37. The molecule has 2 aromatic rings. The first-order valence-corrected chi connectivity index (χ1v) is 7.18. The van der Waals surface area contributed by atoms with Gasteiger partial charge in [-0.2, -0.15) is 0 Å². The van der Waals surface area contributed by atoms with E-state index in [0.717, 1.165) is 16.5 Å². The van der Waals surface area contributed by atoms with Gasteiger partial charge in [-0.15, -0.1) is 0 Å². The molecule has 1 fully saturated rings. The van der Waals surface area contributed by atoms with E-state index in [1.165, 1.54) is 0 Å². The minimum absolute atomic E-state index is 0.382. The minimum Gasteiger partial charge on any atom is -0.480 e. The molecule has 1 saturated carbocycles. The number of aliphatic carboxylic acids is 1. The van der Waals surface area contributed by atoms with Gasteiger partial charge in [0.15, 0.2) is 0 Å². The predicted molar refractivity (Wildman–Crippen MR) is 79.3 cm³/mol. The van der Waals surface area contributed by atoms with Crippen molar-refractivity contribution in [3.63, 3.8) is 0 Å². The molecular weight excluding hydrogens is 292 g/mol. The van der Waals surface area contributed by atoms with Crippen LogP contribution in [0.4, 0.5) is 0 Å². The van der Waals surface area contributed by atoms with Gasteiger partial charge in [0, 0.05) is 28.7 Å². The molecule has 1 aromatic carbocycles. The van der Waals surface area contributed by atoms with E-state index in [9.17, 15) is 9.59 Å². The maximum Gasteiger partial charge on any atom is 0.319 e. The van der Waals surface area contributed by atoms with Crippen molar-refractivity contribution in [2.45, 2.75) is 19.3 Å². The van der Waals surface area contributed by atoms with Gasteiger partial charge in [0.1, 0.15) is 5.41 Å². The molecule has 1 aromatic heterocycles. The molecule has 0 unspecified atom stereocenters. The number of carbonyl (C=O) groups is 2. The summed E-state index contributed by atoms with van der Waals surface area (Å²) in [6.45, 7) is 0.410. The highest BCUT2D eigenvalue weighted by molar-refractivity contribution is 6.31. The van der Waals surface area contributed by atoms with Crippen LogP contribution in [0.2, 0.25) is 5.02 Å². The average molecular weight is 307 g/mol. The Kier molecular flexibility index (Phi) is 3.37. The summed E-state index contributed by atoms with van der Waals surface area (Å²) in [5.74, 6) is -1.41. The van der Waals surface area contributed by atoms with Gasteiger partial charge in [-0.3, -0.25) is 9.59 Å². The summed E-state index contributed by atoms with van der Waals surface area (Å²) in [6, 6.07) is 5.60. The number of carbonyl (C=O) groups excluding carboxylic acids is 1. The molecule has 1 aliphatic carbocycles. The fraction of sp³-hybridized carbons (Fsp3) is 0.333. The zero-order chi connectivity index (χ0) is 15.0. The van der Waals surface area contributed by atoms with Crippen LogP contribution in [0.25, 0.3) is 10.9 Å². The Morgan fingerprint density at radius 3 is 2.81 bits per heavy atom. The zero-order valence-corrected chi connectivity index (χ0v) is 12.0. The van der Waals surface area contributed by atoms with Crippen LogP contribution in [-0.4, -0.2) is 28.5 Å². The fourth-order valence-corrected chi connectivity index (χ4v) is 2.67. The van der Waals surface area contributed by atoms with Crippen LogP contribution in [-0.2, 0) is 16.0 Å². The highest BCUT2D eigenvalue weighted by atomic mass is 35.5. The first kappa shape index (κ1) is 13.9. The number of carboxylic acids is 1. The van der Waals surface area contributed by atoms with E-state index >= 15 is 0 Å². The average Bonchev–Trinajstić information content (AvgIpc) is 3.18. The SMILES string of the molecule is O=C(O)C1(C(=O)NCCc2c[nH]c3ccc(Cl)cc23)CC1. The van der Waals surface area contributed by atoms with E-state index in [-0.39, 0.29) is 5.91 Å². The summed E-state index contributed by atoms with van der Waals surface area (Å²) in [5.41, 5.74) is 0.863. The molecule has 0 spiro atoms. The van der Waals surface area contributed by atoms with Crippen LogP contribution in [0, 0.1) is 5.41 Å². The predicted octanol–water partition coefficient (Wildman–Crippen LogP) is 2.34. The van der Waals surface area contributed by atoms with Crippen molar-refractivity contribution in [1.82, 2.24) is 10.3 Å². The molecular formula is C15H15ClN2O3. The third-order valence-corrected chi connectivity index (χ3v) is 4.24. The Hall–Kier alpha value is -2.01. The largest absolute Gasteiger partial charge is 0.480 e. The molecule has 0 saturated heterocycles. The van der Waals surface area contributed by atoms with Gasteiger partial charge in [0.05, 0.1) is 0 Å². The number of hydrogen-bond acceptors (Lipinski definition) is 2. The van der Waals surface area contributed by atoms with E-state index in [0.29, 0.717) is 30.8 Å². The lowest BCUT2D eigenvalue weighted by atomic mass is 10.1. The second-order valence-electron chi connectivity index (χ2n) is 5.40. The number of benzene rings is 1. The lowest BCUT2D eigenvalue weighted by Gasteiger charge is -2.10. The first-order chi connectivity index (χ1) is 10.0. The standard InChI is InChI=1S/C15H15ClN2O3/c16-10-1-2-12-11(7-10)9(8-18-12)3-6-17-13(19)15(4-5-15)14(20)21/h1-2,7-8,18H,3-6H2,(H,17,19)(H,20,21). The van der Waals surface area contributed by atoms with Crippen LogP contribution in [0.1, 0.15) is 18.4 Å². The van der Waals surface area contributed by atoms with Crippen molar-refractivity contribution in [2.24, 2.45) is 5.41 Å². The summed E-state index contributed by atoms with van der Waals surface area (Å²) in [4.78, 5) is 26.1. The van der Waals surface area contributed by atoms with E-state index in [4.69, 9.17) is 16.7 Å². The maximum atomic E-state index is 11.9. The number of hydrogen-bond donors (Lipinski definition) is 3. The number of nitrogens with one attached hydrogen (secondary N) is 2. The first-order valence-electron chi connectivity index (χ1n) is 6.80. The van der Waals surface area contributed by atoms with E-state index in [2.05, 4.69) is 10.3 Å². The number of aromatic amines is 1.